The SMILES string of the molecule is O=C(O)CC(CC(=O)OCl)C(=O)O. The molecule has 0 radical (unpaired) electrons. The van der Waals surface area contributed by atoms with Gasteiger partial charge in [-0.25, -0.2) is 0 Å². The first-order valence-corrected chi connectivity index (χ1v) is 3.54. The van der Waals surface area contributed by atoms with E-state index in [4.69, 9.17) is 10.2 Å². The van der Waals surface area contributed by atoms with Gasteiger partial charge in [0.25, 0.3) is 0 Å². The lowest BCUT2D eigenvalue weighted by atomic mass is 10.0. The minimum absolute atomic E-state index is 0.550. The summed E-state index contributed by atoms with van der Waals surface area (Å²) in [5.74, 6) is -4.93. The van der Waals surface area contributed by atoms with Crippen LogP contribution >= 0.6 is 11.9 Å². The lowest BCUT2D eigenvalue weighted by molar-refractivity contribution is -0.151. The molecule has 0 heterocycles. The first-order valence-electron chi connectivity index (χ1n) is 3.23. The fourth-order valence-corrected chi connectivity index (χ4v) is 0.753. The molecule has 0 aliphatic carbocycles. The number of rotatable bonds is 5. The number of carboxylic acids is 2. The summed E-state index contributed by atoms with van der Waals surface area (Å²) in [7, 11) is 0. The molecule has 1 atom stereocenters. The Balaban J connectivity index is 4.18. The maximum absolute atomic E-state index is 10.5. The molecule has 6 nitrogen and oxygen atoms in total. The van der Waals surface area contributed by atoms with Crippen LogP contribution in [0.15, 0.2) is 0 Å². The van der Waals surface area contributed by atoms with Gasteiger partial charge in [-0.15, -0.1) is 0 Å². The summed E-state index contributed by atoms with van der Waals surface area (Å²) in [5, 5.41) is 16.7. The Bertz CT molecular complexity index is 225. The molecule has 0 aromatic heterocycles. The van der Waals surface area contributed by atoms with Gasteiger partial charge in [-0.05, 0) is 0 Å². The van der Waals surface area contributed by atoms with Crippen LogP contribution in [0.25, 0.3) is 0 Å². The maximum atomic E-state index is 10.5. The highest BCUT2D eigenvalue weighted by molar-refractivity contribution is 6.13. The molecule has 1 unspecified atom stereocenters. The van der Waals surface area contributed by atoms with Gasteiger partial charge in [-0.3, -0.25) is 14.4 Å². The molecule has 0 spiro atoms. The van der Waals surface area contributed by atoms with Crippen LogP contribution < -0.4 is 0 Å². The van der Waals surface area contributed by atoms with Crippen molar-refractivity contribution in [3.05, 3.63) is 0 Å². The van der Waals surface area contributed by atoms with E-state index < -0.39 is 36.7 Å². The number of halogens is 1. The minimum Gasteiger partial charge on any atom is -0.481 e. The van der Waals surface area contributed by atoms with Crippen LogP contribution in [0.3, 0.4) is 0 Å². The molecule has 0 aromatic carbocycles. The van der Waals surface area contributed by atoms with Gasteiger partial charge in [0.2, 0.25) is 0 Å². The van der Waals surface area contributed by atoms with Crippen molar-refractivity contribution in [3.8, 4) is 0 Å². The molecule has 2 N–H and O–H groups in total. The van der Waals surface area contributed by atoms with E-state index in [1.165, 1.54) is 0 Å². The van der Waals surface area contributed by atoms with E-state index in [1.807, 2.05) is 0 Å². The van der Waals surface area contributed by atoms with Gasteiger partial charge < -0.3 is 14.5 Å². The highest BCUT2D eigenvalue weighted by Crippen LogP contribution is 2.10. The number of carboxylic acid groups (broad SMARTS) is 2. The summed E-state index contributed by atoms with van der Waals surface area (Å²) in [6.07, 6.45) is -1.19. The van der Waals surface area contributed by atoms with E-state index >= 15 is 0 Å². The van der Waals surface area contributed by atoms with Crippen LogP contribution in [-0.4, -0.2) is 28.1 Å². The average Bonchev–Trinajstić information content (AvgIpc) is 2.02. The van der Waals surface area contributed by atoms with Gasteiger partial charge in [0.15, 0.2) is 0 Å². The standard InChI is InChI=1S/C6H7ClO6/c7-13-5(10)2-3(6(11)12)1-4(8)9/h3H,1-2H2,(H,8,9)(H,11,12). The summed E-state index contributed by atoms with van der Waals surface area (Å²) >= 11 is 4.65. The number of carbonyl (C=O) groups excluding carboxylic acids is 1. The molecule has 0 rings (SSSR count). The first kappa shape index (κ1) is 11.7. The Morgan fingerprint density at radius 3 is 2.08 bits per heavy atom. The van der Waals surface area contributed by atoms with Gasteiger partial charge in [0.05, 0.1) is 18.8 Å². The summed E-state index contributed by atoms with van der Waals surface area (Å²) in [5.41, 5.74) is 0. The molecular weight excluding hydrogens is 204 g/mol. The molecule has 7 heteroatoms. The zero-order valence-corrected chi connectivity index (χ0v) is 7.15. The first-order chi connectivity index (χ1) is 5.97. The predicted molar refractivity (Wildman–Crippen MR) is 39.9 cm³/mol. The molecule has 0 aliphatic rings. The van der Waals surface area contributed by atoms with Crippen molar-refractivity contribution in [2.24, 2.45) is 5.92 Å². The summed E-state index contributed by atoms with van der Waals surface area (Å²) in [6, 6.07) is 0. The molecule has 0 bridgehead atoms. The van der Waals surface area contributed by atoms with Gasteiger partial charge in [0, 0.05) is 0 Å². The maximum Gasteiger partial charge on any atom is 0.325 e. The van der Waals surface area contributed by atoms with Crippen molar-refractivity contribution < 1.29 is 28.9 Å². The Kier molecular flexibility index (Phi) is 4.83. The molecule has 0 fully saturated rings. The number of hydrogen-bond donors (Lipinski definition) is 2. The smallest absolute Gasteiger partial charge is 0.325 e. The number of hydrogen-bond acceptors (Lipinski definition) is 4. The van der Waals surface area contributed by atoms with Crippen molar-refractivity contribution in [2.75, 3.05) is 0 Å². The van der Waals surface area contributed by atoms with Crippen LogP contribution in [0, 0.1) is 5.92 Å². The molecule has 0 saturated carbocycles. The monoisotopic (exact) mass is 210 g/mol. The molecule has 0 saturated heterocycles. The number of aliphatic carboxylic acids is 2. The van der Waals surface area contributed by atoms with Gasteiger partial charge in [-0.2, -0.15) is 0 Å². The fourth-order valence-electron chi connectivity index (χ4n) is 0.690. The lowest BCUT2D eigenvalue weighted by Gasteiger charge is -2.05. The predicted octanol–water partition coefficient (Wildman–Crippen LogP) is 0.249. The second kappa shape index (κ2) is 5.36. The zero-order valence-electron chi connectivity index (χ0n) is 6.40. The van der Waals surface area contributed by atoms with E-state index in [2.05, 4.69) is 16.2 Å². The minimum atomic E-state index is -1.37. The topological polar surface area (TPSA) is 101 Å². The third-order valence-corrected chi connectivity index (χ3v) is 1.44. The molecule has 74 valence electrons. The highest BCUT2D eigenvalue weighted by Gasteiger charge is 2.24. The second-order valence-corrected chi connectivity index (χ2v) is 2.44. The second-order valence-electron chi connectivity index (χ2n) is 2.29. The molecular formula is C6H7ClO6. The van der Waals surface area contributed by atoms with Crippen molar-refractivity contribution in [1.29, 1.82) is 0 Å². The van der Waals surface area contributed by atoms with Gasteiger partial charge >= 0.3 is 17.9 Å². The Labute approximate surface area is 78.2 Å². The largest absolute Gasteiger partial charge is 0.481 e. The van der Waals surface area contributed by atoms with E-state index in [0.29, 0.717) is 0 Å². The summed E-state index contributed by atoms with van der Waals surface area (Å²) < 4.78 is 3.69. The average molecular weight is 211 g/mol. The quantitative estimate of drug-likeness (QED) is 0.675. The Morgan fingerprint density at radius 2 is 1.77 bits per heavy atom. The lowest BCUT2D eigenvalue weighted by Crippen LogP contribution is -2.21. The van der Waals surface area contributed by atoms with Crippen LogP contribution in [0.1, 0.15) is 12.8 Å². The van der Waals surface area contributed by atoms with E-state index in [9.17, 15) is 14.4 Å². The fraction of sp³-hybridized carbons (Fsp3) is 0.500. The van der Waals surface area contributed by atoms with Crippen LogP contribution in [0.4, 0.5) is 0 Å². The van der Waals surface area contributed by atoms with Crippen LogP contribution in [0.2, 0.25) is 0 Å². The van der Waals surface area contributed by atoms with Gasteiger partial charge in [0.1, 0.15) is 11.9 Å². The third-order valence-electron chi connectivity index (χ3n) is 1.27. The molecule has 13 heavy (non-hydrogen) atoms. The van der Waals surface area contributed by atoms with Crippen molar-refractivity contribution >= 4 is 29.8 Å². The van der Waals surface area contributed by atoms with Gasteiger partial charge in [-0.1, -0.05) is 0 Å². The third kappa shape index (κ3) is 5.02. The Morgan fingerprint density at radius 1 is 1.23 bits per heavy atom. The van der Waals surface area contributed by atoms with Crippen molar-refractivity contribution in [1.82, 2.24) is 0 Å². The normalized spacial score (nSPS) is 11.8. The Hall–Kier alpha value is -1.30. The van der Waals surface area contributed by atoms with Crippen LogP contribution in [-0.2, 0) is 18.7 Å². The van der Waals surface area contributed by atoms with E-state index in [1.54, 1.807) is 0 Å². The molecule has 0 aliphatic heterocycles. The molecule has 0 aromatic rings. The molecule has 0 amide bonds. The van der Waals surface area contributed by atoms with Crippen LogP contribution in [0.5, 0.6) is 0 Å². The van der Waals surface area contributed by atoms with Crippen molar-refractivity contribution in [2.45, 2.75) is 12.8 Å². The summed E-state index contributed by atoms with van der Waals surface area (Å²) in [6.45, 7) is 0. The number of carbonyl (C=O) groups is 3. The van der Waals surface area contributed by atoms with E-state index in [0.717, 1.165) is 0 Å². The highest BCUT2D eigenvalue weighted by atomic mass is 35.5. The summed E-state index contributed by atoms with van der Waals surface area (Å²) in [4.78, 5) is 31.0. The zero-order chi connectivity index (χ0) is 10.4. The van der Waals surface area contributed by atoms with E-state index in [-0.39, 0.29) is 0 Å². The van der Waals surface area contributed by atoms with Crippen molar-refractivity contribution in [3.63, 3.8) is 0 Å².